The predicted octanol–water partition coefficient (Wildman–Crippen LogP) is 13.9. The maximum Gasteiger partial charge on any atom is 0.220 e. The van der Waals surface area contributed by atoms with Gasteiger partial charge in [-0.25, -0.2) is 4.98 Å². The first-order valence-corrected chi connectivity index (χ1v) is 21.6. The minimum absolute atomic E-state index is 0.155. The number of hydrogen-bond acceptors (Lipinski definition) is 6. The quantitative estimate of drug-likeness (QED) is 0.148. The lowest BCUT2D eigenvalue weighted by Crippen LogP contribution is -2.49. The first kappa shape index (κ1) is 36.3. The van der Waals surface area contributed by atoms with E-state index < -0.39 is 5.54 Å². The first-order chi connectivity index (χ1) is 31.4. The number of nitrogens with one attached hydrogen (secondary N) is 2. The highest BCUT2D eigenvalue weighted by Gasteiger charge is 2.29. The van der Waals surface area contributed by atoms with Crippen LogP contribution < -0.4 is 16.4 Å². The second-order valence-electron chi connectivity index (χ2n) is 17.0. The first-order valence-electron chi connectivity index (χ1n) is 21.6. The molecule has 4 heterocycles. The van der Waals surface area contributed by atoms with E-state index in [1.807, 2.05) is 42.5 Å². The van der Waals surface area contributed by atoms with Gasteiger partial charge in [0.1, 0.15) is 22.3 Å². The number of imidazole rings is 2. The molecule has 0 bridgehead atoms. The van der Waals surface area contributed by atoms with E-state index >= 15 is 0 Å². The molecule has 13 rings (SSSR count). The van der Waals surface area contributed by atoms with Crippen LogP contribution in [-0.4, -0.2) is 25.5 Å². The number of nitrogens with two attached hydrogens (primary N) is 1. The molecule has 8 heteroatoms. The van der Waals surface area contributed by atoms with Crippen molar-refractivity contribution >= 4 is 88.8 Å². The van der Waals surface area contributed by atoms with Gasteiger partial charge in [0.15, 0.2) is 0 Å². The number of para-hydroxylation sites is 6. The Kier molecular flexibility index (Phi) is 7.86. The normalized spacial score (nSPS) is 16.4. The molecule has 306 valence electrons. The van der Waals surface area contributed by atoms with Gasteiger partial charge >= 0.3 is 0 Å². The molecular formula is C56H40N6O2. The monoisotopic (exact) mass is 828 g/mol. The van der Waals surface area contributed by atoms with E-state index in [-0.39, 0.29) is 6.04 Å². The molecule has 12 aromatic rings. The van der Waals surface area contributed by atoms with Crippen molar-refractivity contribution in [3.63, 3.8) is 0 Å². The van der Waals surface area contributed by atoms with Crippen LogP contribution in [0.4, 0.5) is 17.1 Å². The van der Waals surface area contributed by atoms with Gasteiger partial charge in [-0.05, 0) is 132 Å². The molecule has 0 radical (unpaired) electrons. The predicted molar refractivity (Wildman–Crippen MR) is 263 cm³/mol. The lowest BCUT2D eigenvalue weighted by atomic mass is 9.88. The third kappa shape index (κ3) is 5.70. The Balaban J connectivity index is 0.845. The Morgan fingerprint density at radius 1 is 0.547 bits per heavy atom. The summed E-state index contributed by atoms with van der Waals surface area (Å²) < 4.78 is 17.3. The lowest BCUT2D eigenvalue weighted by Gasteiger charge is -2.35. The SMILES string of the molecule is CC1(Nc2ccccc2Nc2ccc3oc4ccc(-c5cccc(-c6ccc7oc8ccc(-n9c%10ccccc%10n%10c%11ccccc%11nc9%10)cc8c7c6)c5)cc4c3c2)C=CC=CC1N. The molecule has 1 aliphatic rings. The number of nitrogens with zero attached hydrogens (tertiary/aromatic N) is 3. The molecule has 0 amide bonds. The standard InChI is InChI=1S/C56H40N6O2/c1-56(28-9-8-19-54(56)57)60-45-14-3-2-13-44(45)58-38-22-26-52-42(32-38)40-30-36(20-24-50(40)63-52)34-11-10-12-35(29-34)37-21-25-51-41(31-37)43-33-39(23-27-53(43)64-51)61-48-17-6-7-18-49(48)62-47-16-5-4-15-46(47)59-55(61)62/h2-33,54,58,60H,57H2,1H3. The minimum atomic E-state index is -0.417. The van der Waals surface area contributed by atoms with Gasteiger partial charge < -0.3 is 25.2 Å². The van der Waals surface area contributed by atoms with Gasteiger partial charge in [0, 0.05) is 33.3 Å². The smallest absolute Gasteiger partial charge is 0.220 e. The van der Waals surface area contributed by atoms with Crippen LogP contribution in [0.15, 0.2) is 203 Å². The Hall–Kier alpha value is -8.33. The molecule has 8 nitrogen and oxygen atoms in total. The Bertz CT molecular complexity index is 3920. The van der Waals surface area contributed by atoms with Crippen molar-refractivity contribution in [1.82, 2.24) is 14.0 Å². The van der Waals surface area contributed by atoms with Crippen molar-refractivity contribution in [2.45, 2.75) is 18.5 Å². The second-order valence-corrected chi connectivity index (χ2v) is 17.0. The highest BCUT2D eigenvalue weighted by atomic mass is 16.3. The summed E-state index contributed by atoms with van der Waals surface area (Å²) in [5.41, 5.74) is 22.1. The molecule has 64 heavy (non-hydrogen) atoms. The van der Waals surface area contributed by atoms with Crippen LogP contribution in [0.1, 0.15) is 6.92 Å². The number of benzene rings is 8. The number of anilines is 3. The summed E-state index contributed by atoms with van der Waals surface area (Å²) in [5, 5.41) is 11.6. The van der Waals surface area contributed by atoms with E-state index in [2.05, 4.69) is 178 Å². The maximum atomic E-state index is 6.51. The summed E-state index contributed by atoms with van der Waals surface area (Å²) in [6.45, 7) is 2.12. The van der Waals surface area contributed by atoms with E-state index in [0.717, 1.165) is 117 Å². The fourth-order valence-corrected chi connectivity index (χ4v) is 9.62. The minimum Gasteiger partial charge on any atom is -0.456 e. The Morgan fingerprint density at radius 3 is 1.88 bits per heavy atom. The van der Waals surface area contributed by atoms with E-state index in [1.165, 1.54) is 0 Å². The van der Waals surface area contributed by atoms with Crippen molar-refractivity contribution in [3.8, 4) is 27.9 Å². The van der Waals surface area contributed by atoms with E-state index in [0.29, 0.717) is 0 Å². The van der Waals surface area contributed by atoms with Crippen molar-refractivity contribution < 1.29 is 8.83 Å². The molecule has 1 aliphatic carbocycles. The van der Waals surface area contributed by atoms with Gasteiger partial charge in [-0.2, -0.15) is 0 Å². The molecule has 0 aliphatic heterocycles. The van der Waals surface area contributed by atoms with Crippen LogP contribution in [0.2, 0.25) is 0 Å². The van der Waals surface area contributed by atoms with Crippen molar-refractivity contribution in [1.29, 1.82) is 0 Å². The Morgan fingerprint density at radius 2 is 1.14 bits per heavy atom. The average molecular weight is 829 g/mol. The number of rotatable bonds is 7. The summed E-state index contributed by atoms with van der Waals surface area (Å²) >= 11 is 0. The van der Waals surface area contributed by atoms with Crippen LogP contribution in [0.5, 0.6) is 0 Å². The van der Waals surface area contributed by atoms with Crippen LogP contribution in [-0.2, 0) is 0 Å². The third-order valence-electron chi connectivity index (χ3n) is 13.0. The lowest BCUT2D eigenvalue weighted by molar-refractivity contribution is 0.556. The van der Waals surface area contributed by atoms with Crippen molar-refractivity contribution in [2.24, 2.45) is 5.73 Å². The topological polar surface area (TPSA) is 98.6 Å². The third-order valence-corrected chi connectivity index (χ3v) is 13.0. The summed E-state index contributed by atoms with van der Waals surface area (Å²) in [5.74, 6) is 0.880. The molecule has 2 unspecified atom stereocenters. The molecule has 8 aromatic carbocycles. The zero-order valence-corrected chi connectivity index (χ0v) is 34.8. The van der Waals surface area contributed by atoms with Crippen LogP contribution in [0, 0.1) is 0 Å². The van der Waals surface area contributed by atoms with E-state index in [1.54, 1.807) is 0 Å². The molecule has 4 N–H and O–H groups in total. The molecule has 2 atom stereocenters. The van der Waals surface area contributed by atoms with Gasteiger partial charge in [0.25, 0.3) is 0 Å². The summed E-state index contributed by atoms with van der Waals surface area (Å²) in [7, 11) is 0. The fourth-order valence-electron chi connectivity index (χ4n) is 9.62. The zero-order valence-electron chi connectivity index (χ0n) is 34.8. The molecular weight excluding hydrogens is 789 g/mol. The maximum absolute atomic E-state index is 6.51. The number of allylic oxidation sites excluding steroid dienone is 2. The molecule has 4 aromatic heterocycles. The largest absolute Gasteiger partial charge is 0.456 e. The van der Waals surface area contributed by atoms with Gasteiger partial charge in [0.2, 0.25) is 5.78 Å². The molecule has 0 saturated carbocycles. The van der Waals surface area contributed by atoms with E-state index in [9.17, 15) is 0 Å². The highest BCUT2D eigenvalue weighted by molar-refractivity contribution is 6.09. The van der Waals surface area contributed by atoms with Gasteiger partial charge in [0.05, 0.1) is 44.7 Å². The molecule has 0 fully saturated rings. The van der Waals surface area contributed by atoms with Crippen LogP contribution >= 0.6 is 0 Å². The van der Waals surface area contributed by atoms with E-state index in [4.69, 9.17) is 19.6 Å². The number of fused-ring (bicyclic) bond motifs is 11. The van der Waals surface area contributed by atoms with Crippen molar-refractivity contribution in [3.05, 3.63) is 194 Å². The van der Waals surface area contributed by atoms with Gasteiger partial charge in [-0.15, -0.1) is 0 Å². The number of aromatic nitrogens is 3. The number of hydrogen-bond donors (Lipinski definition) is 3. The highest BCUT2D eigenvalue weighted by Crippen LogP contribution is 2.39. The van der Waals surface area contributed by atoms with Crippen LogP contribution in [0.25, 0.3) is 99.7 Å². The zero-order chi connectivity index (χ0) is 42.5. The Labute approximate surface area is 367 Å². The summed E-state index contributed by atoms with van der Waals surface area (Å²) in [6.07, 6.45) is 8.18. The molecule has 0 saturated heterocycles. The fraction of sp³-hybridized carbons (Fsp3) is 0.0536. The summed E-state index contributed by atoms with van der Waals surface area (Å²) in [4.78, 5) is 5.10. The second kappa shape index (κ2) is 13.8. The summed E-state index contributed by atoms with van der Waals surface area (Å²) in [6, 6.07) is 59.3. The average Bonchev–Trinajstić information content (AvgIpc) is 4.08. The van der Waals surface area contributed by atoms with Crippen molar-refractivity contribution in [2.75, 3.05) is 10.6 Å². The number of furan rings is 2. The van der Waals surface area contributed by atoms with Gasteiger partial charge in [-0.3, -0.25) is 8.97 Å². The molecule has 0 spiro atoms. The van der Waals surface area contributed by atoms with Gasteiger partial charge in [-0.1, -0.05) is 91.0 Å². The van der Waals surface area contributed by atoms with Crippen LogP contribution in [0.3, 0.4) is 0 Å².